The van der Waals surface area contributed by atoms with Crippen LogP contribution >= 0.6 is 11.6 Å². The summed E-state index contributed by atoms with van der Waals surface area (Å²) in [5.74, 6) is 0.602. The zero-order chi connectivity index (χ0) is 23.1. The molecule has 33 heavy (non-hydrogen) atoms. The van der Waals surface area contributed by atoms with E-state index in [1.807, 2.05) is 63.6 Å². The highest BCUT2D eigenvalue weighted by molar-refractivity contribution is 6.31. The number of hydrogen-bond donors (Lipinski definition) is 2. The number of benzene rings is 2. The van der Waals surface area contributed by atoms with Gasteiger partial charge in [-0.05, 0) is 49.2 Å². The van der Waals surface area contributed by atoms with Gasteiger partial charge in [0.05, 0.1) is 18.4 Å². The van der Waals surface area contributed by atoms with E-state index in [-0.39, 0.29) is 6.04 Å². The largest absolute Gasteiger partial charge is 0.421 e. The summed E-state index contributed by atoms with van der Waals surface area (Å²) in [7, 11) is 1.90. The van der Waals surface area contributed by atoms with Crippen molar-refractivity contribution in [1.29, 1.82) is 0 Å². The van der Waals surface area contributed by atoms with E-state index in [0.29, 0.717) is 40.3 Å². The maximum atomic E-state index is 6.57. The van der Waals surface area contributed by atoms with Gasteiger partial charge in [0.1, 0.15) is 11.6 Å². The Balaban J connectivity index is 1.54. The topological polar surface area (TPSA) is 97.5 Å². The van der Waals surface area contributed by atoms with Crippen LogP contribution < -0.4 is 11.1 Å². The number of nitrogen functional groups attached to an aromatic ring is 1. The van der Waals surface area contributed by atoms with Crippen LogP contribution in [0.4, 0.5) is 11.7 Å². The van der Waals surface area contributed by atoms with Crippen LogP contribution in [-0.4, -0.2) is 25.6 Å². The Kier molecular flexibility index (Phi) is 5.30. The van der Waals surface area contributed by atoms with Crippen LogP contribution in [0.25, 0.3) is 11.1 Å². The molecule has 4 aromatic rings. The molecular weight excluding hydrogens is 438 g/mol. The molecule has 0 bridgehead atoms. The van der Waals surface area contributed by atoms with Crippen molar-refractivity contribution in [2.75, 3.05) is 11.1 Å². The van der Waals surface area contributed by atoms with E-state index in [2.05, 4.69) is 26.4 Å². The summed E-state index contributed by atoms with van der Waals surface area (Å²) in [5, 5.41) is 8.24. The average Bonchev–Trinajstić information content (AvgIpc) is 3.36. The third-order valence-electron chi connectivity index (χ3n) is 5.58. The number of fused-ring (bicyclic) bond motifs is 1. The van der Waals surface area contributed by atoms with Crippen molar-refractivity contribution in [2.24, 2.45) is 12.0 Å². The van der Waals surface area contributed by atoms with Gasteiger partial charge in [-0.2, -0.15) is 10.1 Å². The lowest BCUT2D eigenvalue weighted by molar-refractivity contribution is 0.482. The number of nitrogens with zero attached hydrogens (tertiary/aromatic N) is 5. The summed E-state index contributed by atoms with van der Waals surface area (Å²) in [6.07, 6.45) is 5.92. The molecule has 0 spiro atoms. The third-order valence-corrected chi connectivity index (χ3v) is 5.91. The molecule has 3 N–H and O–H groups in total. The molecule has 1 aliphatic rings. The third kappa shape index (κ3) is 4.17. The van der Waals surface area contributed by atoms with Crippen LogP contribution in [0.1, 0.15) is 29.7 Å². The Labute approximate surface area is 196 Å². The normalized spacial score (nSPS) is 16.1. The van der Waals surface area contributed by atoms with Gasteiger partial charge in [-0.3, -0.25) is 10.00 Å². The van der Waals surface area contributed by atoms with Gasteiger partial charge in [0.15, 0.2) is 5.58 Å². The molecular formula is C24H24ClN7O. The van der Waals surface area contributed by atoms with Gasteiger partial charge in [0.25, 0.3) is 0 Å². The quantitative estimate of drug-likeness (QED) is 0.413. The summed E-state index contributed by atoms with van der Waals surface area (Å²) in [6.45, 7) is 4.65. The Morgan fingerprint density at radius 1 is 1.21 bits per heavy atom. The molecule has 2 aromatic heterocycles. The lowest BCUT2D eigenvalue weighted by Gasteiger charge is -2.31. The summed E-state index contributed by atoms with van der Waals surface area (Å²) in [6, 6.07) is 11.6. The molecule has 0 saturated carbocycles. The zero-order valence-electron chi connectivity index (χ0n) is 18.6. The van der Waals surface area contributed by atoms with Crippen LogP contribution in [0.15, 0.2) is 70.0 Å². The molecule has 2 aromatic carbocycles. The van der Waals surface area contributed by atoms with Gasteiger partial charge in [-0.1, -0.05) is 29.8 Å². The van der Waals surface area contributed by atoms with Crippen molar-refractivity contribution in [3.8, 4) is 0 Å². The van der Waals surface area contributed by atoms with Gasteiger partial charge in [0, 0.05) is 29.5 Å². The molecule has 1 aliphatic heterocycles. The van der Waals surface area contributed by atoms with E-state index in [1.54, 1.807) is 10.7 Å². The summed E-state index contributed by atoms with van der Waals surface area (Å²) >= 11 is 6.57. The zero-order valence-corrected chi connectivity index (χ0v) is 19.3. The highest BCUT2D eigenvalue weighted by atomic mass is 35.5. The Bertz CT molecular complexity index is 1400. The van der Waals surface area contributed by atoms with Crippen LogP contribution in [0, 0.1) is 6.92 Å². The van der Waals surface area contributed by atoms with Crippen LogP contribution in [0.2, 0.25) is 5.02 Å². The first kappa shape index (κ1) is 21.1. The lowest BCUT2D eigenvalue weighted by atomic mass is 10.0. The van der Waals surface area contributed by atoms with E-state index in [9.17, 15) is 0 Å². The summed E-state index contributed by atoms with van der Waals surface area (Å²) < 4.78 is 7.68. The van der Waals surface area contributed by atoms with Gasteiger partial charge >= 0.3 is 6.01 Å². The van der Waals surface area contributed by atoms with Crippen molar-refractivity contribution in [3.63, 3.8) is 0 Å². The second-order valence-corrected chi connectivity index (χ2v) is 8.59. The Morgan fingerprint density at radius 2 is 2.06 bits per heavy atom. The Morgan fingerprint density at radius 3 is 2.79 bits per heavy atom. The van der Waals surface area contributed by atoms with E-state index in [4.69, 9.17) is 26.7 Å². The summed E-state index contributed by atoms with van der Waals surface area (Å²) in [4.78, 5) is 11.6. The molecule has 9 heteroatoms. The number of guanidine groups is 1. The first-order valence-corrected chi connectivity index (χ1v) is 10.9. The molecule has 1 atom stereocenters. The number of halogens is 1. The number of aliphatic imine (C=N–C) groups is 1. The van der Waals surface area contributed by atoms with E-state index in [0.717, 1.165) is 22.4 Å². The fourth-order valence-electron chi connectivity index (χ4n) is 3.91. The van der Waals surface area contributed by atoms with Crippen LogP contribution in [-0.2, 0) is 13.6 Å². The van der Waals surface area contributed by atoms with Crippen molar-refractivity contribution < 1.29 is 4.42 Å². The average molecular weight is 462 g/mol. The molecule has 0 saturated heterocycles. The van der Waals surface area contributed by atoms with Crippen LogP contribution in [0.3, 0.4) is 0 Å². The number of nitrogens with one attached hydrogen (secondary N) is 1. The minimum atomic E-state index is -0.250. The molecule has 1 unspecified atom stereocenters. The second-order valence-electron chi connectivity index (χ2n) is 8.18. The molecule has 0 amide bonds. The van der Waals surface area contributed by atoms with Crippen LogP contribution in [0.5, 0.6) is 0 Å². The van der Waals surface area contributed by atoms with Crippen molar-refractivity contribution in [1.82, 2.24) is 19.7 Å². The number of oxazole rings is 1. The molecule has 168 valence electrons. The standard InChI is InChI=1S/C24H24ClN7O/c1-14-7-8-17(18(25)9-14)21-10-15(2)32(13-16-11-27-31(3)12-16)23(28-21)30-24-29-20-6-4-5-19(26)22(20)33-24/h4-12,21H,13,26H2,1-3H3,(H,28,29,30). The highest BCUT2D eigenvalue weighted by Gasteiger charge is 2.25. The molecule has 5 rings (SSSR count). The predicted molar refractivity (Wildman–Crippen MR) is 131 cm³/mol. The number of anilines is 2. The van der Waals surface area contributed by atoms with Gasteiger partial charge in [0.2, 0.25) is 5.96 Å². The molecule has 3 heterocycles. The number of allylic oxidation sites excluding steroid dienone is 1. The Hall–Kier alpha value is -3.78. The first-order chi connectivity index (χ1) is 15.9. The predicted octanol–water partition coefficient (Wildman–Crippen LogP) is 5.03. The minimum Gasteiger partial charge on any atom is -0.421 e. The monoisotopic (exact) mass is 461 g/mol. The van der Waals surface area contributed by atoms with E-state index >= 15 is 0 Å². The smallest absolute Gasteiger partial charge is 0.302 e. The first-order valence-electron chi connectivity index (χ1n) is 10.6. The fourth-order valence-corrected chi connectivity index (χ4v) is 4.26. The number of hydrogen-bond acceptors (Lipinski definition) is 7. The molecule has 8 nitrogen and oxygen atoms in total. The second kappa shape index (κ2) is 8.29. The maximum Gasteiger partial charge on any atom is 0.302 e. The number of aryl methyl sites for hydroxylation is 2. The van der Waals surface area contributed by atoms with E-state index in [1.165, 1.54) is 0 Å². The summed E-state index contributed by atoms with van der Waals surface area (Å²) in [5.41, 5.74) is 11.9. The van der Waals surface area contributed by atoms with Gasteiger partial charge in [-0.25, -0.2) is 4.99 Å². The lowest BCUT2D eigenvalue weighted by Crippen LogP contribution is -2.37. The molecule has 0 radical (unpaired) electrons. The SMILES string of the molecule is CC1=CC(c2ccc(C)cc2Cl)N=C(Nc2nc3cccc(N)c3o2)N1Cc1cnn(C)c1. The molecule has 0 fully saturated rings. The fraction of sp³-hybridized carbons (Fsp3) is 0.208. The van der Waals surface area contributed by atoms with Crippen molar-refractivity contribution >= 4 is 40.4 Å². The number of para-hydroxylation sites is 1. The number of nitrogens with two attached hydrogens (primary N) is 1. The minimum absolute atomic E-state index is 0.250. The maximum absolute atomic E-state index is 6.57. The molecule has 0 aliphatic carbocycles. The van der Waals surface area contributed by atoms with Gasteiger partial charge < -0.3 is 15.1 Å². The van der Waals surface area contributed by atoms with Crippen molar-refractivity contribution in [2.45, 2.75) is 26.4 Å². The highest BCUT2D eigenvalue weighted by Crippen LogP contribution is 2.33. The number of rotatable bonds is 4. The van der Waals surface area contributed by atoms with Gasteiger partial charge in [-0.15, -0.1) is 0 Å². The van der Waals surface area contributed by atoms with Crippen molar-refractivity contribution in [3.05, 3.63) is 82.3 Å². The number of aromatic nitrogens is 3. The van der Waals surface area contributed by atoms with E-state index < -0.39 is 0 Å².